The van der Waals surface area contributed by atoms with Gasteiger partial charge in [0.1, 0.15) is 6.29 Å². The van der Waals surface area contributed by atoms with Gasteiger partial charge in [0.15, 0.2) is 5.82 Å². The van der Waals surface area contributed by atoms with Gasteiger partial charge in [-0.05, 0) is 48.8 Å². The molecule has 3 aliphatic rings. The molecule has 1 spiro atoms. The van der Waals surface area contributed by atoms with Crippen molar-refractivity contribution in [3.63, 3.8) is 0 Å². The van der Waals surface area contributed by atoms with Gasteiger partial charge in [0, 0.05) is 6.04 Å². The van der Waals surface area contributed by atoms with Crippen molar-refractivity contribution < 1.29 is 4.39 Å². The van der Waals surface area contributed by atoms with Crippen LogP contribution in [-0.2, 0) is 0 Å². The fourth-order valence-corrected chi connectivity index (χ4v) is 4.10. The average Bonchev–Trinajstić information content (AvgIpc) is 3.08. The first kappa shape index (κ1) is 12.3. The Kier molecular flexibility index (Phi) is 2.74. The van der Waals surface area contributed by atoms with Crippen molar-refractivity contribution in [2.24, 2.45) is 5.41 Å². The molecule has 2 aliphatic carbocycles. The van der Waals surface area contributed by atoms with Gasteiger partial charge in [0.2, 0.25) is 0 Å². The summed E-state index contributed by atoms with van der Waals surface area (Å²) in [7, 11) is 0. The van der Waals surface area contributed by atoms with E-state index in [0.29, 0.717) is 16.4 Å². The predicted molar refractivity (Wildman–Crippen MR) is 75.6 cm³/mol. The van der Waals surface area contributed by atoms with E-state index in [1.807, 2.05) is 6.07 Å². The first-order valence-electron chi connectivity index (χ1n) is 6.61. The van der Waals surface area contributed by atoms with Crippen molar-refractivity contribution in [2.75, 3.05) is 5.32 Å². The zero-order valence-electron chi connectivity index (χ0n) is 10.3. The standard InChI is InChI=1S/C13H15ClFN3S/c14-7-2-3-8-11(10(7)15)19-18-12(16-8)17-9-6-13(9)4-1-5-13/h2-3,9,12,16-18H,1,4-6H2. The van der Waals surface area contributed by atoms with Crippen molar-refractivity contribution in [3.05, 3.63) is 23.0 Å². The third kappa shape index (κ3) is 1.95. The molecule has 0 bridgehead atoms. The quantitative estimate of drug-likeness (QED) is 0.732. The lowest BCUT2D eigenvalue weighted by Gasteiger charge is -2.32. The first-order valence-corrected chi connectivity index (χ1v) is 7.80. The van der Waals surface area contributed by atoms with Gasteiger partial charge in [-0.3, -0.25) is 5.32 Å². The number of anilines is 1. The van der Waals surface area contributed by atoms with Crippen molar-refractivity contribution >= 4 is 29.2 Å². The summed E-state index contributed by atoms with van der Waals surface area (Å²) in [6, 6.07) is 4.02. The topological polar surface area (TPSA) is 36.1 Å². The van der Waals surface area contributed by atoms with Crippen LogP contribution >= 0.6 is 23.5 Å². The van der Waals surface area contributed by atoms with E-state index in [-0.39, 0.29) is 17.1 Å². The summed E-state index contributed by atoms with van der Waals surface area (Å²) in [6.07, 6.45) is 5.34. The van der Waals surface area contributed by atoms with Gasteiger partial charge < -0.3 is 5.32 Å². The van der Waals surface area contributed by atoms with Gasteiger partial charge in [-0.2, -0.15) is 0 Å². The van der Waals surface area contributed by atoms with Gasteiger partial charge in [-0.1, -0.05) is 18.0 Å². The zero-order chi connectivity index (χ0) is 13.0. The smallest absolute Gasteiger partial charge is 0.158 e. The van der Waals surface area contributed by atoms with Crippen molar-refractivity contribution in [2.45, 2.75) is 42.9 Å². The van der Waals surface area contributed by atoms with Crippen LogP contribution < -0.4 is 15.4 Å². The van der Waals surface area contributed by atoms with Crippen LogP contribution in [0.1, 0.15) is 25.7 Å². The predicted octanol–water partition coefficient (Wildman–Crippen LogP) is 3.32. The summed E-state index contributed by atoms with van der Waals surface area (Å²) in [5, 5.41) is 7.01. The van der Waals surface area contributed by atoms with Crippen molar-refractivity contribution in [3.8, 4) is 0 Å². The fraction of sp³-hybridized carbons (Fsp3) is 0.538. The SMILES string of the molecule is Fc1c(Cl)ccc2c1SNC(NC1CC13CCC3)N2. The second kappa shape index (κ2) is 4.25. The molecule has 1 heterocycles. The van der Waals surface area contributed by atoms with E-state index in [2.05, 4.69) is 15.4 Å². The molecular formula is C13H15ClFN3S. The third-order valence-corrected chi connectivity index (χ3v) is 5.78. The highest BCUT2D eigenvalue weighted by Gasteiger charge is 2.57. The second-order valence-corrected chi connectivity index (χ2v) is 6.93. The van der Waals surface area contributed by atoms with E-state index >= 15 is 0 Å². The molecule has 4 rings (SSSR count). The highest BCUT2D eigenvalue weighted by Crippen LogP contribution is 2.60. The Balaban J connectivity index is 1.46. The van der Waals surface area contributed by atoms with E-state index in [9.17, 15) is 4.39 Å². The molecule has 2 fully saturated rings. The van der Waals surface area contributed by atoms with Crippen molar-refractivity contribution in [1.82, 2.24) is 10.0 Å². The van der Waals surface area contributed by atoms with Crippen LogP contribution in [0.15, 0.2) is 17.0 Å². The molecule has 0 aromatic heterocycles. The Morgan fingerprint density at radius 2 is 2.26 bits per heavy atom. The summed E-state index contributed by atoms with van der Waals surface area (Å²) in [6.45, 7) is 0. The Morgan fingerprint density at radius 1 is 1.42 bits per heavy atom. The number of nitrogens with one attached hydrogen (secondary N) is 3. The highest BCUT2D eigenvalue weighted by atomic mass is 35.5. The lowest BCUT2D eigenvalue weighted by atomic mass is 9.81. The molecular weight excluding hydrogens is 285 g/mol. The maximum Gasteiger partial charge on any atom is 0.158 e. The lowest BCUT2D eigenvalue weighted by molar-refractivity contribution is 0.260. The third-order valence-electron chi connectivity index (χ3n) is 4.54. The number of benzene rings is 1. The molecule has 1 aliphatic heterocycles. The van der Waals surface area contributed by atoms with Gasteiger partial charge in [0.05, 0.1) is 15.6 Å². The van der Waals surface area contributed by atoms with Crippen molar-refractivity contribution in [1.29, 1.82) is 0 Å². The van der Waals surface area contributed by atoms with Crippen LogP contribution in [0.5, 0.6) is 0 Å². The molecule has 1 aromatic rings. The normalized spacial score (nSPS) is 30.4. The molecule has 0 saturated heterocycles. The Hall–Kier alpha value is -0.490. The minimum absolute atomic E-state index is 0.0111. The van der Waals surface area contributed by atoms with E-state index in [1.165, 1.54) is 37.6 Å². The Labute approximate surface area is 120 Å². The number of fused-ring (bicyclic) bond motifs is 1. The van der Waals surface area contributed by atoms with Gasteiger partial charge in [-0.25, -0.2) is 9.11 Å². The molecule has 3 nitrogen and oxygen atoms in total. The lowest BCUT2D eigenvalue weighted by Crippen LogP contribution is -2.49. The molecule has 0 amide bonds. The van der Waals surface area contributed by atoms with Gasteiger partial charge >= 0.3 is 0 Å². The summed E-state index contributed by atoms with van der Waals surface area (Å²) >= 11 is 7.08. The van der Waals surface area contributed by atoms with Crippen LogP contribution in [0.25, 0.3) is 0 Å². The fourth-order valence-electron chi connectivity index (χ4n) is 3.09. The van der Waals surface area contributed by atoms with E-state index in [1.54, 1.807) is 6.07 Å². The second-order valence-electron chi connectivity index (χ2n) is 5.67. The Morgan fingerprint density at radius 3 is 2.95 bits per heavy atom. The monoisotopic (exact) mass is 299 g/mol. The van der Waals surface area contributed by atoms with E-state index in [4.69, 9.17) is 11.6 Å². The Bertz CT molecular complexity index is 535. The molecule has 0 radical (unpaired) electrons. The molecule has 19 heavy (non-hydrogen) atoms. The summed E-state index contributed by atoms with van der Waals surface area (Å²) in [5.74, 6) is -0.357. The van der Waals surface area contributed by atoms with Crippen LogP contribution in [0.4, 0.5) is 10.1 Å². The molecule has 2 saturated carbocycles. The molecule has 1 aromatic carbocycles. The summed E-state index contributed by atoms with van der Waals surface area (Å²) in [5.41, 5.74) is 1.38. The van der Waals surface area contributed by atoms with Crippen LogP contribution in [0, 0.1) is 11.2 Å². The summed E-state index contributed by atoms with van der Waals surface area (Å²) < 4.78 is 17.0. The highest BCUT2D eigenvalue weighted by molar-refractivity contribution is 7.97. The van der Waals surface area contributed by atoms with Gasteiger partial charge in [0.25, 0.3) is 0 Å². The largest absolute Gasteiger partial charge is 0.356 e. The zero-order valence-corrected chi connectivity index (χ0v) is 11.9. The number of hydrogen-bond donors (Lipinski definition) is 3. The molecule has 3 N–H and O–H groups in total. The summed E-state index contributed by atoms with van der Waals surface area (Å²) in [4.78, 5) is 0.541. The minimum Gasteiger partial charge on any atom is -0.356 e. The molecule has 2 atom stereocenters. The van der Waals surface area contributed by atoms with Crippen LogP contribution in [0.2, 0.25) is 5.02 Å². The number of rotatable bonds is 2. The molecule has 102 valence electrons. The first-order chi connectivity index (χ1) is 9.18. The number of hydrogen-bond acceptors (Lipinski definition) is 4. The van der Waals surface area contributed by atoms with E-state index in [0.717, 1.165) is 5.69 Å². The molecule has 6 heteroatoms. The number of halogens is 2. The maximum absolute atomic E-state index is 13.8. The van der Waals surface area contributed by atoms with Gasteiger partial charge in [-0.15, -0.1) is 0 Å². The average molecular weight is 300 g/mol. The maximum atomic E-state index is 13.8. The van der Waals surface area contributed by atoms with Crippen LogP contribution in [0.3, 0.4) is 0 Å². The van der Waals surface area contributed by atoms with Crippen LogP contribution in [-0.4, -0.2) is 12.3 Å². The van der Waals surface area contributed by atoms with E-state index < -0.39 is 0 Å². The molecule has 2 unspecified atom stereocenters. The minimum atomic E-state index is -0.357.